The first kappa shape index (κ1) is 17.3. The summed E-state index contributed by atoms with van der Waals surface area (Å²) < 4.78 is 0. The molecular weight excluding hydrogens is 324 g/mol. The SMILES string of the molecule is N#C[C@@H]1[C@H](c2ccccc2C2=CCCC2)[C@H](CO)N1C(=O)C1CCCC1. The number of carbonyl (C=O) groups is 1. The molecule has 0 bridgehead atoms. The Morgan fingerprint density at radius 1 is 1.23 bits per heavy atom. The van der Waals surface area contributed by atoms with E-state index in [-0.39, 0.29) is 30.4 Å². The van der Waals surface area contributed by atoms with Gasteiger partial charge in [-0.05, 0) is 48.8 Å². The highest BCUT2D eigenvalue weighted by molar-refractivity contribution is 5.82. The van der Waals surface area contributed by atoms with E-state index in [0.29, 0.717) is 0 Å². The van der Waals surface area contributed by atoms with Gasteiger partial charge in [0.1, 0.15) is 6.04 Å². The summed E-state index contributed by atoms with van der Waals surface area (Å²) in [5.41, 5.74) is 3.65. The number of hydrogen-bond donors (Lipinski definition) is 1. The quantitative estimate of drug-likeness (QED) is 0.902. The second-order valence-electron chi connectivity index (χ2n) is 7.79. The summed E-state index contributed by atoms with van der Waals surface area (Å²) in [7, 11) is 0. The minimum Gasteiger partial charge on any atom is -0.394 e. The molecule has 0 spiro atoms. The van der Waals surface area contributed by atoms with Gasteiger partial charge in [-0.25, -0.2) is 0 Å². The summed E-state index contributed by atoms with van der Waals surface area (Å²) in [4.78, 5) is 14.6. The van der Waals surface area contributed by atoms with Crippen molar-refractivity contribution >= 4 is 11.5 Å². The predicted octanol–water partition coefficient (Wildman–Crippen LogP) is 3.62. The standard InChI is InChI=1S/C22H26N2O2/c23-13-19-21(18-12-6-5-11-17(18)15-7-1-2-8-15)20(14-25)24(19)22(26)16-9-3-4-10-16/h5-7,11-12,16,19-21,25H,1-4,8-10,14H2/t19-,20+,21+/m1/s1. The van der Waals surface area contributed by atoms with Crippen LogP contribution in [-0.2, 0) is 4.79 Å². The highest BCUT2D eigenvalue weighted by Crippen LogP contribution is 2.45. The minimum atomic E-state index is -0.469. The van der Waals surface area contributed by atoms with Crippen LogP contribution in [0.15, 0.2) is 30.3 Å². The lowest BCUT2D eigenvalue weighted by Crippen LogP contribution is -2.66. The van der Waals surface area contributed by atoms with Crippen molar-refractivity contribution in [1.82, 2.24) is 4.90 Å². The number of aliphatic hydroxyl groups excluding tert-OH is 1. The molecule has 3 aliphatic rings. The smallest absolute Gasteiger partial charge is 0.227 e. The molecule has 1 aromatic carbocycles. The zero-order valence-electron chi connectivity index (χ0n) is 15.1. The van der Waals surface area contributed by atoms with Crippen LogP contribution < -0.4 is 0 Å². The molecule has 0 unspecified atom stereocenters. The zero-order valence-corrected chi connectivity index (χ0v) is 15.1. The molecule has 136 valence electrons. The maximum Gasteiger partial charge on any atom is 0.227 e. The number of rotatable bonds is 4. The lowest BCUT2D eigenvalue weighted by Gasteiger charge is -2.53. The highest BCUT2D eigenvalue weighted by atomic mass is 16.3. The van der Waals surface area contributed by atoms with Crippen LogP contribution in [0.4, 0.5) is 0 Å². The molecular formula is C22H26N2O2. The molecule has 4 nitrogen and oxygen atoms in total. The van der Waals surface area contributed by atoms with Crippen LogP contribution in [0.1, 0.15) is 62.0 Å². The van der Waals surface area contributed by atoms with Gasteiger partial charge < -0.3 is 10.0 Å². The van der Waals surface area contributed by atoms with Gasteiger partial charge in [0.2, 0.25) is 5.91 Å². The van der Waals surface area contributed by atoms with E-state index in [1.54, 1.807) is 4.90 Å². The first-order chi connectivity index (χ1) is 12.8. The van der Waals surface area contributed by atoms with Crippen LogP contribution in [0.5, 0.6) is 0 Å². The van der Waals surface area contributed by atoms with E-state index >= 15 is 0 Å². The lowest BCUT2D eigenvalue weighted by molar-refractivity contribution is -0.151. The average molecular weight is 350 g/mol. The molecule has 1 heterocycles. The number of hydrogen-bond acceptors (Lipinski definition) is 3. The van der Waals surface area contributed by atoms with Gasteiger partial charge in [-0.3, -0.25) is 4.79 Å². The van der Waals surface area contributed by atoms with Crippen molar-refractivity contribution in [2.75, 3.05) is 6.61 Å². The molecule has 2 fully saturated rings. The monoisotopic (exact) mass is 350 g/mol. The molecule has 3 atom stereocenters. The van der Waals surface area contributed by atoms with Crippen LogP contribution in [0.3, 0.4) is 0 Å². The highest BCUT2D eigenvalue weighted by Gasteiger charge is 2.53. The van der Waals surface area contributed by atoms with E-state index in [4.69, 9.17) is 0 Å². The maximum absolute atomic E-state index is 12.9. The Labute approximate surface area is 155 Å². The predicted molar refractivity (Wildman–Crippen MR) is 100 cm³/mol. The van der Waals surface area contributed by atoms with E-state index in [1.807, 2.05) is 12.1 Å². The fraction of sp³-hybridized carbons (Fsp3) is 0.545. The van der Waals surface area contributed by atoms with Crippen LogP contribution >= 0.6 is 0 Å². The largest absolute Gasteiger partial charge is 0.394 e. The van der Waals surface area contributed by atoms with Crippen LogP contribution in [0, 0.1) is 17.2 Å². The van der Waals surface area contributed by atoms with Crippen molar-refractivity contribution in [3.63, 3.8) is 0 Å². The molecule has 4 heteroatoms. The summed E-state index contributed by atoms with van der Waals surface area (Å²) in [6.07, 6.45) is 9.64. The van der Waals surface area contributed by atoms with Crippen molar-refractivity contribution < 1.29 is 9.90 Å². The van der Waals surface area contributed by atoms with E-state index in [9.17, 15) is 15.2 Å². The maximum atomic E-state index is 12.9. The Kier molecular flexibility index (Phi) is 4.82. The number of likely N-dealkylation sites (tertiary alicyclic amines) is 1. The molecule has 26 heavy (non-hydrogen) atoms. The summed E-state index contributed by atoms with van der Waals surface area (Å²) in [6, 6.07) is 9.84. The number of carbonyl (C=O) groups excluding carboxylic acids is 1. The van der Waals surface area contributed by atoms with Crippen molar-refractivity contribution in [3.05, 3.63) is 41.5 Å². The van der Waals surface area contributed by atoms with Gasteiger partial charge in [0.15, 0.2) is 0 Å². The normalized spacial score (nSPS) is 28.5. The van der Waals surface area contributed by atoms with E-state index in [0.717, 1.165) is 44.1 Å². The van der Waals surface area contributed by atoms with E-state index < -0.39 is 6.04 Å². The fourth-order valence-corrected chi connectivity index (χ4v) is 5.06. The molecule has 4 rings (SSSR count). The zero-order chi connectivity index (χ0) is 18.1. The fourth-order valence-electron chi connectivity index (χ4n) is 5.06. The summed E-state index contributed by atoms with van der Waals surface area (Å²) in [6.45, 7) is -0.0886. The van der Waals surface area contributed by atoms with Crippen LogP contribution in [0.2, 0.25) is 0 Å². The number of nitriles is 1. The Balaban J connectivity index is 1.65. The summed E-state index contributed by atoms with van der Waals surface area (Å²) in [5.74, 6) is 0.00333. The third-order valence-corrected chi connectivity index (χ3v) is 6.40. The lowest BCUT2D eigenvalue weighted by atomic mass is 9.72. The summed E-state index contributed by atoms with van der Waals surface area (Å²) >= 11 is 0. The number of amides is 1. The van der Waals surface area contributed by atoms with Gasteiger partial charge in [0.05, 0.1) is 18.7 Å². The first-order valence-electron chi connectivity index (χ1n) is 9.87. The van der Waals surface area contributed by atoms with Crippen molar-refractivity contribution in [3.8, 4) is 6.07 Å². The Hall–Kier alpha value is -2.12. The third kappa shape index (κ3) is 2.75. The van der Waals surface area contributed by atoms with E-state index in [1.165, 1.54) is 17.6 Å². The van der Waals surface area contributed by atoms with Gasteiger partial charge in [0, 0.05) is 11.8 Å². The van der Waals surface area contributed by atoms with Gasteiger partial charge in [0.25, 0.3) is 0 Å². The Morgan fingerprint density at radius 2 is 2.00 bits per heavy atom. The second-order valence-corrected chi connectivity index (χ2v) is 7.79. The first-order valence-corrected chi connectivity index (χ1v) is 9.87. The Morgan fingerprint density at radius 3 is 2.65 bits per heavy atom. The van der Waals surface area contributed by atoms with Gasteiger partial charge >= 0.3 is 0 Å². The Bertz CT molecular complexity index is 758. The van der Waals surface area contributed by atoms with Gasteiger partial charge in [-0.2, -0.15) is 5.26 Å². The second kappa shape index (κ2) is 7.25. The molecule has 1 saturated carbocycles. The number of nitrogens with zero attached hydrogens (tertiary/aromatic N) is 2. The number of aliphatic hydroxyl groups is 1. The molecule has 1 aliphatic heterocycles. The van der Waals surface area contributed by atoms with E-state index in [2.05, 4.69) is 24.3 Å². The van der Waals surface area contributed by atoms with Gasteiger partial charge in [-0.1, -0.05) is 43.2 Å². The molecule has 0 radical (unpaired) electrons. The molecule has 1 saturated heterocycles. The molecule has 1 aromatic rings. The molecule has 1 amide bonds. The summed E-state index contributed by atoms with van der Waals surface area (Å²) in [5, 5.41) is 19.8. The van der Waals surface area contributed by atoms with Crippen molar-refractivity contribution in [2.45, 2.75) is 62.9 Å². The van der Waals surface area contributed by atoms with Crippen LogP contribution in [-0.4, -0.2) is 34.6 Å². The van der Waals surface area contributed by atoms with Crippen molar-refractivity contribution in [1.29, 1.82) is 5.26 Å². The topological polar surface area (TPSA) is 64.3 Å². The minimum absolute atomic E-state index is 0.0358. The molecule has 0 aromatic heterocycles. The number of benzene rings is 1. The van der Waals surface area contributed by atoms with Gasteiger partial charge in [-0.15, -0.1) is 0 Å². The third-order valence-electron chi connectivity index (χ3n) is 6.40. The molecule has 1 N–H and O–H groups in total. The van der Waals surface area contributed by atoms with Crippen molar-refractivity contribution in [2.24, 2.45) is 5.92 Å². The average Bonchev–Trinajstić information content (AvgIpc) is 3.36. The number of allylic oxidation sites excluding steroid dienone is 2. The molecule has 2 aliphatic carbocycles. The van der Waals surface area contributed by atoms with Crippen LogP contribution in [0.25, 0.3) is 5.57 Å².